The van der Waals surface area contributed by atoms with Gasteiger partial charge in [0.2, 0.25) is 6.79 Å². The highest BCUT2D eigenvalue weighted by Crippen LogP contribution is 2.54. The van der Waals surface area contributed by atoms with E-state index in [-0.39, 0.29) is 29.2 Å². The Labute approximate surface area is 156 Å². The largest absolute Gasteiger partial charge is 0.507 e. The van der Waals surface area contributed by atoms with Crippen LogP contribution in [-0.4, -0.2) is 17.7 Å². The van der Waals surface area contributed by atoms with E-state index in [1.807, 2.05) is 12.1 Å². The molecule has 0 amide bonds. The molecule has 0 saturated heterocycles. The number of allylic oxidation sites excluding steroid dienone is 1. The summed E-state index contributed by atoms with van der Waals surface area (Å²) >= 11 is 0. The van der Waals surface area contributed by atoms with Gasteiger partial charge in [-0.3, -0.25) is 0 Å². The zero-order chi connectivity index (χ0) is 18.9. The van der Waals surface area contributed by atoms with E-state index < -0.39 is 0 Å². The highest BCUT2D eigenvalue weighted by molar-refractivity contribution is 5.75. The van der Waals surface area contributed by atoms with Crippen LogP contribution in [0.3, 0.4) is 0 Å². The first kappa shape index (κ1) is 18.8. The van der Waals surface area contributed by atoms with Crippen LogP contribution in [0.1, 0.15) is 65.4 Å². The van der Waals surface area contributed by atoms with Crippen molar-refractivity contribution in [3.63, 3.8) is 0 Å². The zero-order valence-electron chi connectivity index (χ0n) is 16.3. The van der Waals surface area contributed by atoms with Gasteiger partial charge in [-0.2, -0.15) is 0 Å². The molecule has 2 aliphatic rings. The normalized spacial score (nSPS) is 27.0. The van der Waals surface area contributed by atoms with Gasteiger partial charge in [0.15, 0.2) is 11.5 Å². The number of hydrogen-bond donors (Lipinski definition) is 1. The molecule has 1 aromatic carbocycles. The Morgan fingerprint density at radius 2 is 1.92 bits per heavy atom. The van der Waals surface area contributed by atoms with Crippen LogP contribution in [-0.2, 0) is 4.79 Å². The molecule has 0 bridgehead atoms. The molecule has 0 spiro atoms. The molecule has 1 aliphatic carbocycles. The summed E-state index contributed by atoms with van der Waals surface area (Å²) < 4.78 is 10.7. The van der Waals surface area contributed by atoms with Crippen LogP contribution in [0.25, 0.3) is 6.08 Å². The van der Waals surface area contributed by atoms with Crippen molar-refractivity contribution in [1.29, 1.82) is 0 Å². The molecule has 26 heavy (non-hydrogen) atoms. The molecule has 0 radical (unpaired) electrons. The number of Topliss-reactive ketones (excluding diaryl/α,β-unsaturated/α-hetero) is 1. The first-order valence-corrected chi connectivity index (χ1v) is 9.52. The van der Waals surface area contributed by atoms with Crippen molar-refractivity contribution < 1.29 is 19.4 Å². The minimum atomic E-state index is 0.0000111. The molecule has 0 aromatic heterocycles. The van der Waals surface area contributed by atoms with E-state index in [0.717, 1.165) is 18.4 Å². The highest BCUT2D eigenvalue weighted by atomic mass is 16.7. The lowest BCUT2D eigenvalue weighted by molar-refractivity contribution is -0.117. The Hall–Kier alpha value is -1.97. The number of hydrogen-bond acceptors (Lipinski definition) is 4. The quantitative estimate of drug-likeness (QED) is 0.772. The van der Waals surface area contributed by atoms with Crippen molar-refractivity contribution in [2.75, 3.05) is 6.79 Å². The van der Waals surface area contributed by atoms with Crippen LogP contribution in [0.4, 0.5) is 0 Å². The summed E-state index contributed by atoms with van der Waals surface area (Å²) in [6.07, 6.45) is 9.24. The molecule has 0 unspecified atom stereocenters. The Bertz CT molecular complexity index is 719. The van der Waals surface area contributed by atoms with Crippen LogP contribution in [0.5, 0.6) is 17.2 Å². The predicted molar refractivity (Wildman–Crippen MR) is 102 cm³/mol. The maximum absolute atomic E-state index is 11.6. The SMILES string of the molecule is CC(=O)CC[C@H]1C(C)(C)CCC[C@]1(C)/C=C/c1cc2c(cc1O)OCO2. The number of benzene rings is 1. The van der Waals surface area contributed by atoms with E-state index in [9.17, 15) is 9.90 Å². The molecule has 142 valence electrons. The Morgan fingerprint density at radius 3 is 2.62 bits per heavy atom. The molecule has 2 atom stereocenters. The minimum absolute atomic E-state index is 0.0000111. The van der Waals surface area contributed by atoms with Crippen LogP contribution >= 0.6 is 0 Å². The van der Waals surface area contributed by atoms with Gasteiger partial charge in [0.05, 0.1) is 0 Å². The predicted octanol–water partition coefficient (Wildman–Crippen LogP) is 5.34. The van der Waals surface area contributed by atoms with Crippen LogP contribution in [0.15, 0.2) is 18.2 Å². The number of carbonyl (C=O) groups is 1. The van der Waals surface area contributed by atoms with Crippen molar-refractivity contribution in [1.82, 2.24) is 0 Å². The van der Waals surface area contributed by atoms with Crippen LogP contribution in [0.2, 0.25) is 0 Å². The molecule has 1 saturated carbocycles. The van der Waals surface area contributed by atoms with Gasteiger partial charge < -0.3 is 19.4 Å². The van der Waals surface area contributed by atoms with Crippen molar-refractivity contribution in [3.8, 4) is 17.2 Å². The molecule has 1 fully saturated rings. The number of carbonyl (C=O) groups excluding carboxylic acids is 1. The average Bonchev–Trinajstić information content (AvgIpc) is 2.98. The third kappa shape index (κ3) is 3.74. The summed E-state index contributed by atoms with van der Waals surface area (Å²) in [7, 11) is 0. The molecule has 3 rings (SSSR count). The first-order chi connectivity index (χ1) is 12.2. The zero-order valence-corrected chi connectivity index (χ0v) is 16.3. The van der Waals surface area contributed by atoms with Crippen LogP contribution in [0, 0.1) is 16.7 Å². The average molecular weight is 358 g/mol. The maximum Gasteiger partial charge on any atom is 0.231 e. The van der Waals surface area contributed by atoms with Crippen molar-refractivity contribution in [3.05, 3.63) is 23.8 Å². The number of fused-ring (bicyclic) bond motifs is 1. The molecule has 4 nitrogen and oxygen atoms in total. The standard InChI is InChI=1S/C22H30O4/c1-15(23)6-7-20-21(2,3)9-5-10-22(20,4)11-8-16-12-18-19(13-17(16)24)26-14-25-18/h8,11-13,20,24H,5-7,9-10,14H2,1-4H3/b11-8+/t20-,22+/m0/s1. The summed E-state index contributed by atoms with van der Waals surface area (Å²) in [4.78, 5) is 11.6. The van der Waals surface area contributed by atoms with E-state index in [4.69, 9.17) is 9.47 Å². The summed E-state index contributed by atoms with van der Waals surface area (Å²) in [6, 6.07) is 3.44. The molecule has 4 heteroatoms. The molecule has 1 aromatic rings. The Kier molecular flexibility index (Phi) is 5.05. The van der Waals surface area contributed by atoms with Gasteiger partial charge in [-0.05, 0) is 49.0 Å². The Morgan fingerprint density at radius 1 is 1.23 bits per heavy atom. The van der Waals surface area contributed by atoms with Gasteiger partial charge >= 0.3 is 0 Å². The number of phenols is 1. The fourth-order valence-electron chi connectivity index (χ4n) is 4.79. The number of aromatic hydroxyl groups is 1. The topological polar surface area (TPSA) is 55.8 Å². The van der Waals surface area contributed by atoms with Crippen molar-refractivity contribution in [2.24, 2.45) is 16.7 Å². The lowest BCUT2D eigenvalue weighted by Crippen LogP contribution is -2.41. The highest BCUT2D eigenvalue weighted by Gasteiger charge is 2.44. The number of ether oxygens (including phenoxy) is 2. The lowest BCUT2D eigenvalue weighted by Gasteiger charge is -2.50. The lowest BCUT2D eigenvalue weighted by atomic mass is 9.55. The number of rotatable bonds is 5. The van der Waals surface area contributed by atoms with Gasteiger partial charge in [-0.1, -0.05) is 39.3 Å². The molecular formula is C22H30O4. The van der Waals surface area contributed by atoms with Crippen LogP contribution < -0.4 is 9.47 Å². The number of ketones is 1. The fraction of sp³-hybridized carbons (Fsp3) is 0.591. The van der Waals surface area contributed by atoms with Crippen molar-refractivity contribution >= 4 is 11.9 Å². The molecular weight excluding hydrogens is 328 g/mol. The second-order valence-electron chi connectivity index (χ2n) is 8.74. The third-order valence-electron chi connectivity index (χ3n) is 6.23. The third-order valence-corrected chi connectivity index (χ3v) is 6.23. The monoisotopic (exact) mass is 358 g/mol. The van der Waals surface area contributed by atoms with E-state index in [0.29, 0.717) is 23.8 Å². The van der Waals surface area contributed by atoms with Gasteiger partial charge in [-0.25, -0.2) is 0 Å². The maximum atomic E-state index is 11.6. The second-order valence-corrected chi connectivity index (χ2v) is 8.74. The minimum Gasteiger partial charge on any atom is -0.507 e. The van der Waals surface area contributed by atoms with E-state index in [1.165, 1.54) is 12.8 Å². The first-order valence-electron chi connectivity index (χ1n) is 9.52. The van der Waals surface area contributed by atoms with Gasteiger partial charge in [0, 0.05) is 18.1 Å². The van der Waals surface area contributed by atoms with E-state index in [2.05, 4.69) is 26.8 Å². The molecule has 1 aliphatic heterocycles. The summed E-state index contributed by atoms with van der Waals surface area (Å²) in [6.45, 7) is 8.80. The van der Waals surface area contributed by atoms with Gasteiger partial charge in [0.1, 0.15) is 11.5 Å². The van der Waals surface area contributed by atoms with Gasteiger partial charge in [-0.15, -0.1) is 0 Å². The fourth-order valence-corrected chi connectivity index (χ4v) is 4.79. The second kappa shape index (κ2) is 6.98. The molecule has 1 N–H and O–H groups in total. The van der Waals surface area contributed by atoms with E-state index in [1.54, 1.807) is 13.0 Å². The number of phenolic OH excluding ortho intramolecular Hbond substituents is 1. The summed E-state index contributed by atoms with van der Waals surface area (Å²) in [5.74, 6) is 2.14. The van der Waals surface area contributed by atoms with Crippen molar-refractivity contribution in [2.45, 2.75) is 59.8 Å². The smallest absolute Gasteiger partial charge is 0.231 e. The van der Waals surface area contributed by atoms with Gasteiger partial charge in [0.25, 0.3) is 0 Å². The van der Waals surface area contributed by atoms with E-state index >= 15 is 0 Å². The summed E-state index contributed by atoms with van der Waals surface area (Å²) in [5.41, 5.74) is 0.938. The summed E-state index contributed by atoms with van der Waals surface area (Å²) in [5, 5.41) is 10.3. The molecule has 1 heterocycles. The Balaban J connectivity index is 1.87.